The van der Waals surface area contributed by atoms with Gasteiger partial charge in [0, 0.05) is 0 Å². The molecular weight excluding hydrogens is 198 g/mol. The monoisotopic (exact) mass is 202 g/mol. The second kappa shape index (κ2) is 3.67. The zero-order valence-electron chi connectivity index (χ0n) is 6.68. The number of nitrogens with zero attached hydrogens (tertiary/aromatic N) is 2. The van der Waals surface area contributed by atoms with Crippen LogP contribution in [0, 0.1) is 18.3 Å². The fourth-order valence-corrected chi connectivity index (χ4v) is 1.25. The number of alkyl halides is 2. The Balaban J connectivity index is 3.41. The number of rotatable bonds is 1. The van der Waals surface area contributed by atoms with Gasteiger partial charge in [0.05, 0.1) is 5.56 Å². The van der Waals surface area contributed by atoms with E-state index in [0.29, 0.717) is 0 Å². The highest BCUT2D eigenvalue weighted by molar-refractivity contribution is 6.29. The number of hydrogen-bond donors (Lipinski definition) is 0. The van der Waals surface area contributed by atoms with Gasteiger partial charge in [0.25, 0.3) is 6.43 Å². The maximum Gasteiger partial charge on any atom is 0.266 e. The fourth-order valence-electron chi connectivity index (χ4n) is 1.00. The van der Waals surface area contributed by atoms with Crippen molar-refractivity contribution < 1.29 is 8.78 Å². The van der Waals surface area contributed by atoms with Gasteiger partial charge in [-0.2, -0.15) is 5.26 Å². The Morgan fingerprint density at radius 3 is 2.69 bits per heavy atom. The third-order valence-corrected chi connectivity index (χ3v) is 1.75. The SMILES string of the molecule is Cc1cc(Cl)nc(C#N)c1C(F)F. The van der Waals surface area contributed by atoms with Crippen LogP contribution >= 0.6 is 11.6 Å². The summed E-state index contributed by atoms with van der Waals surface area (Å²) in [4.78, 5) is 3.50. The van der Waals surface area contributed by atoms with E-state index in [2.05, 4.69) is 4.98 Å². The summed E-state index contributed by atoms with van der Waals surface area (Å²) in [5.74, 6) is 0. The molecule has 0 radical (unpaired) electrons. The molecule has 0 aliphatic rings. The fraction of sp³-hybridized carbons (Fsp3) is 0.250. The molecule has 0 N–H and O–H groups in total. The predicted octanol–water partition coefficient (Wildman–Crippen LogP) is 2.85. The van der Waals surface area contributed by atoms with Crippen molar-refractivity contribution in [3.63, 3.8) is 0 Å². The molecule has 1 rings (SSSR count). The summed E-state index contributed by atoms with van der Waals surface area (Å²) in [6, 6.07) is 2.89. The molecular formula is C8H5ClF2N2. The Bertz CT molecular complexity index is 371. The summed E-state index contributed by atoms with van der Waals surface area (Å²) in [5, 5.41) is 8.57. The van der Waals surface area contributed by atoms with Gasteiger partial charge in [0.2, 0.25) is 0 Å². The van der Waals surface area contributed by atoms with Crippen LogP contribution in [0.15, 0.2) is 6.07 Å². The minimum Gasteiger partial charge on any atom is -0.225 e. The van der Waals surface area contributed by atoms with Gasteiger partial charge in [-0.1, -0.05) is 11.6 Å². The normalized spacial score (nSPS) is 10.2. The molecule has 0 aliphatic heterocycles. The van der Waals surface area contributed by atoms with Crippen LogP contribution in [0.4, 0.5) is 8.78 Å². The largest absolute Gasteiger partial charge is 0.266 e. The van der Waals surface area contributed by atoms with E-state index in [1.54, 1.807) is 6.07 Å². The number of halogens is 3. The molecule has 2 nitrogen and oxygen atoms in total. The van der Waals surface area contributed by atoms with Crippen LogP contribution in [-0.2, 0) is 0 Å². The third-order valence-electron chi connectivity index (χ3n) is 1.56. The minimum atomic E-state index is -2.69. The first-order valence-electron chi connectivity index (χ1n) is 3.41. The molecule has 0 bridgehead atoms. The Kier molecular flexibility index (Phi) is 2.79. The van der Waals surface area contributed by atoms with Crippen molar-refractivity contribution in [1.29, 1.82) is 5.26 Å². The van der Waals surface area contributed by atoms with Crippen LogP contribution in [0.3, 0.4) is 0 Å². The number of aryl methyl sites for hydroxylation is 1. The number of aromatic nitrogens is 1. The molecule has 0 saturated carbocycles. The topological polar surface area (TPSA) is 36.7 Å². The van der Waals surface area contributed by atoms with Gasteiger partial charge in [-0.25, -0.2) is 13.8 Å². The molecule has 0 aromatic carbocycles. The highest BCUT2D eigenvalue weighted by Gasteiger charge is 2.17. The Morgan fingerprint density at radius 1 is 1.62 bits per heavy atom. The van der Waals surface area contributed by atoms with Crippen LogP contribution < -0.4 is 0 Å². The van der Waals surface area contributed by atoms with Crippen LogP contribution in [0.5, 0.6) is 0 Å². The minimum absolute atomic E-state index is 0.0541. The second-order valence-corrected chi connectivity index (χ2v) is 2.82. The number of hydrogen-bond acceptors (Lipinski definition) is 2. The van der Waals surface area contributed by atoms with Crippen LogP contribution in [-0.4, -0.2) is 4.98 Å². The van der Waals surface area contributed by atoms with Gasteiger partial charge in [-0.05, 0) is 18.6 Å². The average molecular weight is 203 g/mol. The first kappa shape index (κ1) is 9.87. The summed E-state index contributed by atoms with van der Waals surface area (Å²) in [6.07, 6.45) is -2.69. The molecule has 0 aliphatic carbocycles. The molecule has 1 heterocycles. The van der Waals surface area contributed by atoms with Crippen molar-refractivity contribution >= 4 is 11.6 Å². The third kappa shape index (κ3) is 1.93. The van der Waals surface area contributed by atoms with Gasteiger partial charge < -0.3 is 0 Å². The van der Waals surface area contributed by atoms with Crippen molar-refractivity contribution in [3.8, 4) is 6.07 Å². The van der Waals surface area contributed by atoms with E-state index in [9.17, 15) is 8.78 Å². The summed E-state index contributed by atoms with van der Waals surface area (Å²) >= 11 is 5.50. The molecule has 5 heteroatoms. The van der Waals surface area contributed by atoms with Gasteiger partial charge >= 0.3 is 0 Å². The van der Waals surface area contributed by atoms with E-state index in [4.69, 9.17) is 16.9 Å². The van der Waals surface area contributed by atoms with Crippen LogP contribution in [0.25, 0.3) is 0 Å². The maximum absolute atomic E-state index is 12.4. The molecule has 0 saturated heterocycles. The van der Waals surface area contributed by atoms with Gasteiger partial charge in [-0.3, -0.25) is 0 Å². The lowest BCUT2D eigenvalue weighted by Crippen LogP contribution is -1.98. The molecule has 0 unspecified atom stereocenters. The average Bonchev–Trinajstić information content (AvgIpc) is 2.01. The van der Waals surface area contributed by atoms with Crippen molar-refractivity contribution in [3.05, 3.63) is 28.0 Å². The standard InChI is InChI=1S/C8H5ClF2N2/c1-4-2-6(9)13-5(3-12)7(4)8(10)11/h2,8H,1H3. The molecule has 13 heavy (non-hydrogen) atoms. The smallest absolute Gasteiger partial charge is 0.225 e. The Morgan fingerprint density at radius 2 is 2.23 bits per heavy atom. The van der Waals surface area contributed by atoms with Crippen LogP contribution in [0.1, 0.15) is 23.2 Å². The van der Waals surface area contributed by atoms with Crippen molar-refractivity contribution in [2.24, 2.45) is 0 Å². The summed E-state index contributed by atoms with van der Waals surface area (Å²) in [7, 11) is 0. The molecule has 0 atom stereocenters. The first-order chi connectivity index (χ1) is 6.06. The summed E-state index contributed by atoms with van der Waals surface area (Å²) in [6.45, 7) is 1.47. The molecule has 0 spiro atoms. The zero-order valence-corrected chi connectivity index (χ0v) is 7.44. The van der Waals surface area contributed by atoms with Crippen LogP contribution in [0.2, 0.25) is 5.15 Å². The molecule has 1 aromatic heterocycles. The van der Waals surface area contributed by atoms with E-state index < -0.39 is 6.43 Å². The van der Waals surface area contributed by atoms with E-state index in [-0.39, 0.29) is 22.0 Å². The van der Waals surface area contributed by atoms with Gasteiger partial charge in [-0.15, -0.1) is 0 Å². The lowest BCUT2D eigenvalue weighted by Gasteiger charge is -2.05. The number of pyridine rings is 1. The van der Waals surface area contributed by atoms with Crippen molar-refractivity contribution in [2.45, 2.75) is 13.3 Å². The lowest BCUT2D eigenvalue weighted by atomic mass is 10.1. The quantitative estimate of drug-likeness (QED) is 0.657. The first-order valence-corrected chi connectivity index (χ1v) is 3.79. The highest BCUT2D eigenvalue weighted by atomic mass is 35.5. The van der Waals surface area contributed by atoms with E-state index in [1.807, 2.05) is 0 Å². The second-order valence-electron chi connectivity index (χ2n) is 2.44. The van der Waals surface area contributed by atoms with E-state index in [0.717, 1.165) is 0 Å². The van der Waals surface area contributed by atoms with E-state index in [1.165, 1.54) is 13.0 Å². The van der Waals surface area contributed by atoms with Gasteiger partial charge in [0.1, 0.15) is 11.2 Å². The molecule has 1 aromatic rings. The zero-order chi connectivity index (χ0) is 10.0. The summed E-state index contributed by atoms with van der Waals surface area (Å²) < 4.78 is 24.7. The highest BCUT2D eigenvalue weighted by Crippen LogP contribution is 2.26. The van der Waals surface area contributed by atoms with E-state index >= 15 is 0 Å². The maximum atomic E-state index is 12.4. The van der Waals surface area contributed by atoms with Gasteiger partial charge in [0.15, 0.2) is 5.69 Å². The summed E-state index contributed by atoms with van der Waals surface area (Å²) in [5.41, 5.74) is -0.363. The molecule has 68 valence electrons. The molecule has 0 fully saturated rings. The van der Waals surface area contributed by atoms with Crippen molar-refractivity contribution in [1.82, 2.24) is 4.98 Å². The predicted molar refractivity (Wildman–Crippen MR) is 43.7 cm³/mol. The lowest BCUT2D eigenvalue weighted by molar-refractivity contribution is 0.150. The molecule has 0 amide bonds. The Labute approximate surface area is 78.8 Å². The Hall–Kier alpha value is -1.21. The van der Waals surface area contributed by atoms with Crippen molar-refractivity contribution in [2.75, 3.05) is 0 Å². The number of nitriles is 1.